The zero-order valence-electron chi connectivity index (χ0n) is 9.26. The van der Waals surface area contributed by atoms with Crippen LogP contribution in [0.15, 0.2) is 18.6 Å². The summed E-state index contributed by atoms with van der Waals surface area (Å²) in [5, 5.41) is 9.44. The van der Waals surface area contributed by atoms with Crippen LogP contribution in [-0.2, 0) is 10.3 Å². The van der Waals surface area contributed by atoms with Crippen molar-refractivity contribution in [3.05, 3.63) is 24.3 Å². The number of likely N-dealkylation sites (tertiary alicyclic amines) is 1. The van der Waals surface area contributed by atoms with Crippen LogP contribution in [0.4, 0.5) is 0 Å². The molecule has 1 aliphatic heterocycles. The standard InChI is InChI=1S/C11H15N3O2/c1-11(10(15)16,14-6-2-3-7-14)9-8-12-4-5-13-9/h4-5,8H,2-3,6-7H2,1H3,(H,15,16). The molecule has 5 heteroatoms. The van der Waals surface area contributed by atoms with Crippen LogP contribution in [0, 0.1) is 0 Å². The van der Waals surface area contributed by atoms with Gasteiger partial charge in [-0.05, 0) is 32.9 Å². The van der Waals surface area contributed by atoms with Crippen molar-refractivity contribution in [2.45, 2.75) is 25.3 Å². The van der Waals surface area contributed by atoms with Gasteiger partial charge in [-0.3, -0.25) is 14.9 Å². The van der Waals surface area contributed by atoms with Gasteiger partial charge in [-0.1, -0.05) is 0 Å². The second kappa shape index (κ2) is 4.17. The first kappa shape index (κ1) is 11.0. The largest absolute Gasteiger partial charge is 0.480 e. The quantitative estimate of drug-likeness (QED) is 0.820. The summed E-state index contributed by atoms with van der Waals surface area (Å²) in [5.41, 5.74) is -0.547. The zero-order chi connectivity index (χ0) is 11.6. The number of aromatic nitrogens is 2. The van der Waals surface area contributed by atoms with Gasteiger partial charge < -0.3 is 5.11 Å². The van der Waals surface area contributed by atoms with Gasteiger partial charge in [-0.15, -0.1) is 0 Å². The highest BCUT2D eigenvalue weighted by molar-refractivity contribution is 5.79. The number of hydrogen-bond donors (Lipinski definition) is 1. The topological polar surface area (TPSA) is 66.3 Å². The Bertz CT molecular complexity index is 376. The molecule has 0 bridgehead atoms. The summed E-state index contributed by atoms with van der Waals surface area (Å²) >= 11 is 0. The monoisotopic (exact) mass is 221 g/mol. The zero-order valence-corrected chi connectivity index (χ0v) is 9.26. The molecule has 1 aromatic heterocycles. The van der Waals surface area contributed by atoms with Crippen molar-refractivity contribution < 1.29 is 9.90 Å². The predicted molar refractivity (Wildman–Crippen MR) is 57.8 cm³/mol. The second-order valence-corrected chi connectivity index (χ2v) is 4.16. The van der Waals surface area contributed by atoms with Gasteiger partial charge in [0, 0.05) is 12.4 Å². The minimum Gasteiger partial charge on any atom is -0.480 e. The maximum absolute atomic E-state index is 11.5. The third-order valence-corrected chi connectivity index (χ3v) is 3.22. The lowest BCUT2D eigenvalue weighted by molar-refractivity contribution is -0.150. The Morgan fingerprint density at radius 3 is 2.62 bits per heavy atom. The first-order chi connectivity index (χ1) is 7.65. The molecule has 0 saturated carbocycles. The van der Waals surface area contributed by atoms with Crippen LogP contribution >= 0.6 is 0 Å². The number of rotatable bonds is 3. The maximum atomic E-state index is 11.5. The summed E-state index contributed by atoms with van der Waals surface area (Å²) in [6.45, 7) is 3.31. The summed E-state index contributed by atoms with van der Waals surface area (Å²) in [6.07, 6.45) is 6.71. The summed E-state index contributed by atoms with van der Waals surface area (Å²) in [7, 11) is 0. The van der Waals surface area contributed by atoms with Gasteiger partial charge in [0.05, 0.1) is 11.9 Å². The van der Waals surface area contributed by atoms with Crippen LogP contribution in [0.3, 0.4) is 0 Å². The third-order valence-electron chi connectivity index (χ3n) is 3.22. The van der Waals surface area contributed by atoms with E-state index in [4.69, 9.17) is 0 Å². The number of carboxylic acid groups (broad SMARTS) is 1. The summed E-state index contributed by atoms with van der Waals surface area (Å²) in [6, 6.07) is 0. The molecule has 1 aliphatic rings. The molecule has 1 unspecified atom stereocenters. The molecule has 2 rings (SSSR count). The van der Waals surface area contributed by atoms with Crippen molar-refractivity contribution in [1.82, 2.24) is 14.9 Å². The third kappa shape index (κ3) is 1.67. The molecule has 1 saturated heterocycles. The lowest BCUT2D eigenvalue weighted by Gasteiger charge is -2.33. The van der Waals surface area contributed by atoms with Crippen molar-refractivity contribution in [2.24, 2.45) is 0 Å². The van der Waals surface area contributed by atoms with Gasteiger partial charge >= 0.3 is 5.97 Å². The molecule has 1 aromatic rings. The van der Waals surface area contributed by atoms with E-state index in [9.17, 15) is 9.90 Å². The molecule has 1 atom stereocenters. The van der Waals surface area contributed by atoms with Gasteiger partial charge in [0.15, 0.2) is 5.54 Å². The fourth-order valence-corrected chi connectivity index (χ4v) is 2.12. The van der Waals surface area contributed by atoms with Crippen LogP contribution in [0.1, 0.15) is 25.5 Å². The lowest BCUT2D eigenvalue weighted by atomic mass is 9.96. The number of carbonyl (C=O) groups is 1. The molecular formula is C11H15N3O2. The van der Waals surface area contributed by atoms with E-state index in [2.05, 4.69) is 9.97 Å². The summed E-state index contributed by atoms with van der Waals surface area (Å²) in [4.78, 5) is 21.5. The van der Waals surface area contributed by atoms with E-state index in [1.54, 1.807) is 13.1 Å². The minimum absolute atomic E-state index is 0.504. The van der Waals surface area contributed by atoms with E-state index in [0.717, 1.165) is 25.9 Å². The number of nitrogens with zero attached hydrogens (tertiary/aromatic N) is 3. The Hall–Kier alpha value is -1.49. The molecule has 0 spiro atoms. The van der Waals surface area contributed by atoms with E-state index < -0.39 is 11.5 Å². The maximum Gasteiger partial charge on any atom is 0.330 e. The molecule has 0 aromatic carbocycles. The Kier molecular flexibility index (Phi) is 2.87. The van der Waals surface area contributed by atoms with Gasteiger partial charge in [-0.2, -0.15) is 0 Å². The second-order valence-electron chi connectivity index (χ2n) is 4.16. The Morgan fingerprint density at radius 1 is 1.44 bits per heavy atom. The molecule has 0 aliphatic carbocycles. The molecule has 2 heterocycles. The summed E-state index contributed by atoms with van der Waals surface area (Å²) in [5.74, 6) is -0.866. The van der Waals surface area contributed by atoms with E-state index >= 15 is 0 Å². The molecular weight excluding hydrogens is 206 g/mol. The van der Waals surface area contributed by atoms with Crippen LogP contribution in [0.2, 0.25) is 0 Å². The molecule has 0 radical (unpaired) electrons. The van der Waals surface area contributed by atoms with Crippen molar-refractivity contribution in [2.75, 3.05) is 13.1 Å². The first-order valence-electron chi connectivity index (χ1n) is 5.40. The highest BCUT2D eigenvalue weighted by atomic mass is 16.4. The van der Waals surface area contributed by atoms with E-state index in [1.165, 1.54) is 12.4 Å². The Morgan fingerprint density at radius 2 is 2.12 bits per heavy atom. The van der Waals surface area contributed by atoms with Gasteiger partial charge in [-0.25, -0.2) is 4.79 Å². The molecule has 86 valence electrons. The van der Waals surface area contributed by atoms with Gasteiger partial charge in [0.2, 0.25) is 0 Å². The summed E-state index contributed by atoms with van der Waals surface area (Å²) < 4.78 is 0. The van der Waals surface area contributed by atoms with Crippen LogP contribution in [0.25, 0.3) is 0 Å². The van der Waals surface area contributed by atoms with Crippen molar-refractivity contribution in [3.8, 4) is 0 Å². The number of carboxylic acids is 1. The smallest absolute Gasteiger partial charge is 0.330 e. The Balaban J connectivity index is 2.39. The highest BCUT2D eigenvalue weighted by Crippen LogP contribution is 2.30. The predicted octanol–water partition coefficient (Wildman–Crippen LogP) is 0.872. The lowest BCUT2D eigenvalue weighted by Crippen LogP contribution is -2.49. The number of hydrogen-bond acceptors (Lipinski definition) is 4. The van der Waals surface area contributed by atoms with Crippen molar-refractivity contribution in [3.63, 3.8) is 0 Å². The van der Waals surface area contributed by atoms with Crippen LogP contribution < -0.4 is 0 Å². The number of aliphatic carboxylic acids is 1. The van der Waals surface area contributed by atoms with Gasteiger partial charge in [0.25, 0.3) is 0 Å². The normalized spacial score (nSPS) is 20.6. The molecule has 1 N–H and O–H groups in total. The van der Waals surface area contributed by atoms with Crippen LogP contribution in [0.5, 0.6) is 0 Å². The first-order valence-corrected chi connectivity index (χ1v) is 5.40. The molecule has 0 amide bonds. The van der Waals surface area contributed by atoms with E-state index in [-0.39, 0.29) is 0 Å². The average molecular weight is 221 g/mol. The SMILES string of the molecule is CC(C(=O)O)(c1cnccn1)N1CCCC1. The highest BCUT2D eigenvalue weighted by Gasteiger charge is 2.43. The Labute approximate surface area is 94.1 Å². The van der Waals surface area contributed by atoms with Crippen molar-refractivity contribution >= 4 is 5.97 Å². The fourth-order valence-electron chi connectivity index (χ4n) is 2.12. The average Bonchev–Trinajstić information content (AvgIpc) is 2.82. The van der Waals surface area contributed by atoms with E-state index in [0.29, 0.717) is 5.69 Å². The fraction of sp³-hybridized carbons (Fsp3) is 0.545. The minimum atomic E-state index is -1.05. The van der Waals surface area contributed by atoms with Crippen molar-refractivity contribution in [1.29, 1.82) is 0 Å². The van der Waals surface area contributed by atoms with E-state index in [1.807, 2.05) is 4.90 Å². The molecule has 16 heavy (non-hydrogen) atoms. The van der Waals surface area contributed by atoms with Crippen LogP contribution in [-0.4, -0.2) is 39.0 Å². The molecule has 5 nitrogen and oxygen atoms in total. The van der Waals surface area contributed by atoms with Gasteiger partial charge in [0.1, 0.15) is 0 Å². The molecule has 1 fully saturated rings.